The van der Waals surface area contributed by atoms with Crippen molar-refractivity contribution in [2.45, 2.75) is 110 Å². The lowest BCUT2D eigenvalue weighted by Crippen LogP contribution is -2.60. The predicted octanol–water partition coefficient (Wildman–Crippen LogP) is -2.30. The molecule has 11 N–H and O–H groups in total. The smallest absolute Gasteiger partial charge is 0.325 e. The molecule has 0 fully saturated rings. The molecule has 0 heterocycles. The Morgan fingerprint density at radius 3 is 1.55 bits per heavy atom. The van der Waals surface area contributed by atoms with Crippen molar-refractivity contribution in [2.75, 3.05) is 12.0 Å². The summed E-state index contributed by atoms with van der Waals surface area (Å²) in [6, 6.07) is -8.17. The highest BCUT2D eigenvalue weighted by Crippen LogP contribution is 2.07. The van der Waals surface area contributed by atoms with Crippen molar-refractivity contribution in [2.24, 2.45) is 23.3 Å². The molecule has 17 nitrogen and oxygen atoms in total. The van der Waals surface area contributed by atoms with E-state index in [4.69, 9.17) is 16.6 Å². The van der Waals surface area contributed by atoms with E-state index in [1.165, 1.54) is 32.5 Å². The van der Waals surface area contributed by atoms with Gasteiger partial charge in [0.25, 0.3) is 0 Å². The first-order valence-corrected chi connectivity index (χ1v) is 16.7. The van der Waals surface area contributed by atoms with Crippen molar-refractivity contribution in [3.63, 3.8) is 0 Å². The SMILES string of the molecule is CSCCC(NC(=O)C(C)NC(=O)C(NC(=O)C(CC(N)=O)NC(=O)C(C)NC(=O)C(N)CC(C)C)C(C)C)C(=O)NC(C)C(=O)O. The number of carboxylic acid groups (broad SMARTS) is 1. The number of thioether (sulfide) groups is 1. The average Bonchev–Trinajstić information content (AvgIpc) is 2.95. The molecule has 0 aliphatic carbocycles. The number of amides is 7. The van der Waals surface area contributed by atoms with Crippen LogP contribution in [-0.2, 0) is 38.4 Å². The van der Waals surface area contributed by atoms with Gasteiger partial charge in [0.05, 0.1) is 12.5 Å². The van der Waals surface area contributed by atoms with Crippen LogP contribution < -0.4 is 43.4 Å². The largest absolute Gasteiger partial charge is 0.480 e. The van der Waals surface area contributed by atoms with Gasteiger partial charge in [-0.15, -0.1) is 0 Å². The van der Waals surface area contributed by atoms with Gasteiger partial charge in [-0.1, -0.05) is 27.7 Å². The van der Waals surface area contributed by atoms with Crippen LogP contribution >= 0.6 is 11.8 Å². The van der Waals surface area contributed by atoms with E-state index in [9.17, 15) is 38.4 Å². The van der Waals surface area contributed by atoms with E-state index in [1.54, 1.807) is 20.1 Å². The molecule has 0 aromatic heterocycles. The Morgan fingerprint density at radius 1 is 0.638 bits per heavy atom. The summed E-state index contributed by atoms with van der Waals surface area (Å²) in [4.78, 5) is 99.9. The second-order valence-electron chi connectivity index (χ2n) is 12.1. The molecule has 0 spiro atoms. The number of aliphatic carboxylic acids is 1. The molecule has 0 aliphatic rings. The maximum atomic E-state index is 13.2. The fraction of sp³-hybridized carbons (Fsp3) is 0.724. The van der Waals surface area contributed by atoms with Crippen LogP contribution in [0, 0.1) is 11.8 Å². The molecule has 18 heteroatoms. The molecule has 268 valence electrons. The summed E-state index contributed by atoms with van der Waals surface area (Å²) >= 11 is 1.41. The van der Waals surface area contributed by atoms with E-state index in [0.29, 0.717) is 12.2 Å². The number of carboxylic acids is 1. The van der Waals surface area contributed by atoms with Gasteiger partial charge in [0, 0.05) is 0 Å². The van der Waals surface area contributed by atoms with Gasteiger partial charge < -0.3 is 48.5 Å². The van der Waals surface area contributed by atoms with E-state index in [2.05, 4.69) is 31.9 Å². The number of carbonyl (C=O) groups is 8. The molecule has 7 atom stereocenters. The third kappa shape index (κ3) is 16.5. The summed E-state index contributed by atoms with van der Waals surface area (Å²) in [6.07, 6.45) is 1.75. The van der Waals surface area contributed by atoms with Crippen LogP contribution in [0.25, 0.3) is 0 Å². The zero-order chi connectivity index (χ0) is 36.6. The molecule has 0 bridgehead atoms. The number of carbonyl (C=O) groups excluding carboxylic acids is 7. The van der Waals surface area contributed by atoms with E-state index >= 15 is 0 Å². The molecule has 0 radical (unpaired) electrons. The van der Waals surface area contributed by atoms with Gasteiger partial charge >= 0.3 is 5.97 Å². The van der Waals surface area contributed by atoms with Gasteiger partial charge in [0.2, 0.25) is 41.4 Å². The molecule has 0 aliphatic heterocycles. The van der Waals surface area contributed by atoms with Crippen molar-refractivity contribution < 1.29 is 43.5 Å². The first-order chi connectivity index (χ1) is 21.7. The maximum Gasteiger partial charge on any atom is 0.325 e. The van der Waals surface area contributed by atoms with Crippen molar-refractivity contribution >= 4 is 59.1 Å². The Kier molecular flexibility index (Phi) is 19.3. The summed E-state index contributed by atoms with van der Waals surface area (Å²) in [7, 11) is 0. The first-order valence-electron chi connectivity index (χ1n) is 15.3. The minimum absolute atomic E-state index is 0.134. The number of primary amides is 1. The molecule has 0 saturated carbocycles. The first kappa shape index (κ1) is 43.1. The number of rotatable bonds is 21. The lowest BCUT2D eigenvalue weighted by atomic mass is 10.0. The summed E-state index contributed by atoms with van der Waals surface area (Å²) in [6.45, 7) is 11.0. The second-order valence-corrected chi connectivity index (χ2v) is 13.1. The van der Waals surface area contributed by atoms with Crippen LogP contribution in [0.3, 0.4) is 0 Å². The summed E-state index contributed by atoms with van der Waals surface area (Å²) in [5.41, 5.74) is 11.2. The number of nitrogens with one attached hydrogen (secondary N) is 6. The Bertz CT molecular complexity index is 1140. The van der Waals surface area contributed by atoms with Crippen LogP contribution in [0.2, 0.25) is 0 Å². The fourth-order valence-electron chi connectivity index (χ4n) is 4.04. The van der Waals surface area contributed by atoms with Crippen molar-refractivity contribution in [1.29, 1.82) is 0 Å². The summed E-state index contributed by atoms with van der Waals surface area (Å²) in [5.74, 6) is -6.60. The minimum atomic E-state index is -1.50. The third-order valence-corrected chi connectivity index (χ3v) is 7.47. The number of hydrogen-bond acceptors (Lipinski definition) is 10. The van der Waals surface area contributed by atoms with Crippen LogP contribution in [-0.4, -0.2) is 107 Å². The van der Waals surface area contributed by atoms with Gasteiger partial charge in [0.1, 0.15) is 36.3 Å². The van der Waals surface area contributed by atoms with Gasteiger partial charge in [-0.05, 0) is 57.5 Å². The highest BCUT2D eigenvalue weighted by molar-refractivity contribution is 7.98. The van der Waals surface area contributed by atoms with Crippen LogP contribution in [0.1, 0.15) is 67.7 Å². The van der Waals surface area contributed by atoms with Gasteiger partial charge in [-0.25, -0.2) is 0 Å². The maximum absolute atomic E-state index is 13.2. The molecule has 7 amide bonds. The van der Waals surface area contributed by atoms with Crippen molar-refractivity contribution in [3.05, 3.63) is 0 Å². The standard InChI is InChI=1S/C29H52N8O9S/c1-13(2)11-18(30)25(41)32-15(5)24(40)36-20(12-21(31)38)27(43)37-22(14(3)4)28(44)33-16(6)23(39)35-19(9-10-47-8)26(42)34-17(7)29(45)46/h13-20,22H,9-12,30H2,1-8H3,(H2,31,38)(H,32,41)(H,33,44)(H,34,42)(H,35,39)(H,36,40)(H,37,43)(H,45,46). The third-order valence-electron chi connectivity index (χ3n) is 6.82. The monoisotopic (exact) mass is 688 g/mol. The topological polar surface area (TPSA) is 281 Å². The van der Waals surface area contributed by atoms with Crippen LogP contribution in [0.15, 0.2) is 0 Å². The lowest BCUT2D eigenvalue weighted by molar-refractivity contribution is -0.141. The molecular weight excluding hydrogens is 636 g/mol. The van der Waals surface area contributed by atoms with Crippen molar-refractivity contribution in [3.8, 4) is 0 Å². The highest BCUT2D eigenvalue weighted by atomic mass is 32.2. The minimum Gasteiger partial charge on any atom is -0.480 e. The van der Waals surface area contributed by atoms with E-state index < -0.39 is 102 Å². The molecule has 0 aromatic rings. The molecule has 0 saturated heterocycles. The predicted molar refractivity (Wildman–Crippen MR) is 175 cm³/mol. The van der Waals surface area contributed by atoms with Gasteiger partial charge in [0.15, 0.2) is 0 Å². The zero-order valence-electron chi connectivity index (χ0n) is 28.3. The molecule has 0 aromatic carbocycles. The van der Waals surface area contributed by atoms with E-state index in [0.717, 1.165) is 0 Å². The Hall–Kier alpha value is -3.93. The highest BCUT2D eigenvalue weighted by Gasteiger charge is 2.33. The van der Waals surface area contributed by atoms with Gasteiger partial charge in [-0.3, -0.25) is 38.4 Å². The molecule has 47 heavy (non-hydrogen) atoms. The summed E-state index contributed by atoms with van der Waals surface area (Å²) < 4.78 is 0. The zero-order valence-corrected chi connectivity index (χ0v) is 29.1. The second kappa shape index (κ2) is 21.0. The quantitative estimate of drug-likeness (QED) is 0.0618. The Morgan fingerprint density at radius 2 is 1.11 bits per heavy atom. The van der Waals surface area contributed by atoms with E-state index in [-0.39, 0.29) is 12.3 Å². The Balaban J connectivity index is 5.60. The average molecular weight is 689 g/mol. The fourth-order valence-corrected chi connectivity index (χ4v) is 4.51. The normalized spacial score (nSPS) is 15.6. The van der Waals surface area contributed by atoms with Crippen molar-refractivity contribution in [1.82, 2.24) is 31.9 Å². The molecule has 7 unspecified atom stereocenters. The molecular formula is C29H52N8O9S. The molecule has 0 rings (SSSR count). The number of hydrogen-bond donors (Lipinski definition) is 9. The van der Waals surface area contributed by atoms with Crippen LogP contribution in [0.4, 0.5) is 0 Å². The van der Waals surface area contributed by atoms with Gasteiger partial charge in [-0.2, -0.15) is 11.8 Å². The Labute approximate surface area is 279 Å². The number of nitrogens with two attached hydrogens (primary N) is 2. The summed E-state index contributed by atoms with van der Waals surface area (Å²) in [5, 5.41) is 23.7. The van der Waals surface area contributed by atoms with E-state index in [1.807, 2.05) is 13.8 Å². The van der Waals surface area contributed by atoms with Crippen LogP contribution in [0.5, 0.6) is 0 Å². The lowest BCUT2D eigenvalue weighted by Gasteiger charge is -2.27.